The van der Waals surface area contributed by atoms with Gasteiger partial charge in [-0.15, -0.1) is 0 Å². The van der Waals surface area contributed by atoms with Crippen LogP contribution in [0.15, 0.2) is 95.4 Å². The first-order valence-corrected chi connectivity index (χ1v) is 18.7. The van der Waals surface area contributed by atoms with Crippen LogP contribution in [-0.4, -0.2) is 52.2 Å². The minimum Gasteiger partial charge on any atom is -0.476 e. The van der Waals surface area contributed by atoms with Crippen molar-refractivity contribution in [1.82, 2.24) is 20.7 Å². The lowest BCUT2D eigenvalue weighted by Crippen LogP contribution is -2.46. The van der Waals surface area contributed by atoms with Crippen molar-refractivity contribution in [3.8, 4) is 28.3 Å². The molecule has 11 heteroatoms. The van der Waals surface area contributed by atoms with Gasteiger partial charge >= 0.3 is 12.1 Å². The standard InChI is InChI=1S/C45H50N4O7/c1-28-22-31(23-29(2)40(28)55-45(7,8)42(51)56-44(4,5)6)24-49(25-38-30(3)54-41(46-38)32-16-10-9-11-17-32)26-39(50)47-48-43(52)53-27-37-35-20-14-12-18-33(35)34-19-13-15-21-36(34)37/h9-23,37H,24-27H2,1-8H3,(H,47,50)(H,48,52). The van der Waals surface area contributed by atoms with E-state index in [2.05, 4.69) is 23.0 Å². The second-order valence-electron chi connectivity index (χ2n) is 15.7. The molecule has 292 valence electrons. The van der Waals surface area contributed by atoms with E-state index in [1.807, 2.05) is 125 Å². The van der Waals surface area contributed by atoms with Gasteiger partial charge in [0.25, 0.3) is 5.91 Å². The number of amides is 2. The monoisotopic (exact) mass is 758 g/mol. The van der Waals surface area contributed by atoms with E-state index >= 15 is 0 Å². The number of nitrogens with one attached hydrogen (secondary N) is 2. The van der Waals surface area contributed by atoms with E-state index in [0.717, 1.165) is 44.5 Å². The minimum absolute atomic E-state index is 0.0847. The van der Waals surface area contributed by atoms with Gasteiger partial charge < -0.3 is 18.6 Å². The van der Waals surface area contributed by atoms with E-state index in [4.69, 9.17) is 23.6 Å². The summed E-state index contributed by atoms with van der Waals surface area (Å²) >= 11 is 0. The lowest BCUT2D eigenvalue weighted by atomic mass is 9.98. The zero-order valence-electron chi connectivity index (χ0n) is 33.3. The Morgan fingerprint density at radius 3 is 1.98 bits per heavy atom. The molecule has 0 fully saturated rings. The summed E-state index contributed by atoms with van der Waals surface area (Å²) in [5.41, 5.74) is 11.6. The van der Waals surface area contributed by atoms with E-state index in [1.165, 1.54) is 0 Å². The molecule has 0 spiro atoms. The van der Waals surface area contributed by atoms with Gasteiger partial charge in [0.15, 0.2) is 5.60 Å². The van der Waals surface area contributed by atoms with Crippen molar-refractivity contribution in [2.75, 3.05) is 13.2 Å². The molecule has 4 aromatic carbocycles. The van der Waals surface area contributed by atoms with Crippen LogP contribution >= 0.6 is 0 Å². The highest BCUT2D eigenvalue weighted by molar-refractivity contribution is 5.81. The average molecular weight is 759 g/mol. The quantitative estimate of drug-likeness (QED) is 0.0952. The van der Waals surface area contributed by atoms with E-state index in [1.54, 1.807) is 13.8 Å². The molecule has 0 atom stereocenters. The third-order valence-electron chi connectivity index (χ3n) is 9.48. The van der Waals surface area contributed by atoms with Gasteiger partial charge in [-0.3, -0.25) is 15.1 Å². The summed E-state index contributed by atoms with van der Waals surface area (Å²) in [4.78, 5) is 45.9. The molecule has 5 aromatic rings. The molecule has 11 nitrogen and oxygen atoms in total. The highest BCUT2D eigenvalue weighted by atomic mass is 16.6. The molecule has 2 N–H and O–H groups in total. The molecule has 0 unspecified atom stereocenters. The summed E-state index contributed by atoms with van der Waals surface area (Å²) in [6.45, 7) is 15.2. The van der Waals surface area contributed by atoms with Gasteiger partial charge in [0.05, 0.1) is 12.2 Å². The van der Waals surface area contributed by atoms with Gasteiger partial charge in [0.1, 0.15) is 23.7 Å². The maximum Gasteiger partial charge on any atom is 0.426 e. The molecule has 0 bridgehead atoms. The summed E-state index contributed by atoms with van der Waals surface area (Å²) in [6, 6.07) is 29.7. The van der Waals surface area contributed by atoms with Crippen molar-refractivity contribution in [3.63, 3.8) is 0 Å². The number of ether oxygens (including phenoxy) is 3. The smallest absolute Gasteiger partial charge is 0.426 e. The lowest BCUT2D eigenvalue weighted by Gasteiger charge is -2.30. The number of oxazole rings is 1. The first-order valence-electron chi connectivity index (χ1n) is 18.7. The Morgan fingerprint density at radius 1 is 0.786 bits per heavy atom. The molecule has 0 saturated heterocycles. The Hall–Kier alpha value is -5.94. The van der Waals surface area contributed by atoms with Crippen LogP contribution in [0.2, 0.25) is 0 Å². The highest BCUT2D eigenvalue weighted by Crippen LogP contribution is 2.44. The van der Waals surface area contributed by atoms with Crippen molar-refractivity contribution in [3.05, 3.63) is 130 Å². The van der Waals surface area contributed by atoms with Crippen LogP contribution in [0, 0.1) is 20.8 Å². The van der Waals surface area contributed by atoms with Crippen LogP contribution in [0.5, 0.6) is 5.75 Å². The zero-order chi connectivity index (χ0) is 40.2. The lowest BCUT2D eigenvalue weighted by molar-refractivity contribution is -0.171. The van der Waals surface area contributed by atoms with Crippen LogP contribution in [0.25, 0.3) is 22.6 Å². The average Bonchev–Trinajstić information content (AvgIpc) is 3.67. The molecule has 0 saturated carbocycles. The van der Waals surface area contributed by atoms with Crippen molar-refractivity contribution < 1.29 is 33.0 Å². The zero-order valence-corrected chi connectivity index (χ0v) is 33.3. The number of hydrazine groups is 1. The van der Waals surface area contributed by atoms with Crippen LogP contribution in [0.4, 0.5) is 4.79 Å². The Balaban J connectivity index is 1.14. The van der Waals surface area contributed by atoms with Crippen molar-refractivity contribution >= 4 is 18.0 Å². The number of fused-ring (bicyclic) bond motifs is 3. The summed E-state index contributed by atoms with van der Waals surface area (Å²) in [5, 5.41) is 0. The molecule has 1 aromatic heterocycles. The number of benzene rings is 4. The van der Waals surface area contributed by atoms with E-state index in [-0.39, 0.29) is 25.6 Å². The maximum absolute atomic E-state index is 13.4. The molecule has 1 heterocycles. The number of carbonyl (C=O) groups is 3. The third-order valence-corrected chi connectivity index (χ3v) is 9.48. The predicted molar refractivity (Wildman–Crippen MR) is 214 cm³/mol. The number of carbonyl (C=O) groups excluding carboxylic acids is 3. The molecule has 0 aliphatic heterocycles. The van der Waals surface area contributed by atoms with Gasteiger partial charge in [0, 0.05) is 24.6 Å². The summed E-state index contributed by atoms with van der Waals surface area (Å²) in [5.74, 6) is 0.677. The molecule has 2 amide bonds. The van der Waals surface area contributed by atoms with Gasteiger partial charge in [-0.1, -0.05) is 78.9 Å². The molecule has 6 rings (SSSR count). The Kier molecular flexibility index (Phi) is 11.7. The number of hydrogen-bond donors (Lipinski definition) is 2. The fourth-order valence-electron chi connectivity index (χ4n) is 6.90. The largest absolute Gasteiger partial charge is 0.476 e. The first kappa shape index (κ1) is 39.7. The van der Waals surface area contributed by atoms with Crippen molar-refractivity contribution in [2.45, 2.75) is 85.6 Å². The normalized spacial score (nSPS) is 12.5. The van der Waals surface area contributed by atoms with Gasteiger partial charge in [0.2, 0.25) is 5.89 Å². The number of nitrogens with zero attached hydrogens (tertiary/aromatic N) is 2. The predicted octanol–water partition coefficient (Wildman–Crippen LogP) is 8.34. The van der Waals surface area contributed by atoms with Crippen LogP contribution < -0.4 is 15.6 Å². The highest BCUT2D eigenvalue weighted by Gasteiger charge is 2.36. The fraction of sp³-hybridized carbons (Fsp3) is 0.333. The van der Waals surface area contributed by atoms with Gasteiger partial charge in [-0.2, -0.15) is 0 Å². The van der Waals surface area contributed by atoms with Crippen LogP contribution in [-0.2, 0) is 32.2 Å². The first-order chi connectivity index (χ1) is 26.6. The summed E-state index contributed by atoms with van der Waals surface area (Å²) < 4.78 is 23.5. The SMILES string of the molecule is Cc1cc(CN(CC(=O)NNC(=O)OCC2c3ccccc3-c3ccccc32)Cc2nc(-c3ccccc3)oc2C)cc(C)c1OC(C)(C)C(=O)OC(C)(C)C. The van der Waals surface area contributed by atoms with Crippen molar-refractivity contribution in [2.24, 2.45) is 0 Å². The second-order valence-corrected chi connectivity index (χ2v) is 15.7. The third kappa shape index (κ3) is 9.46. The molecule has 1 aliphatic rings. The summed E-state index contributed by atoms with van der Waals surface area (Å²) in [7, 11) is 0. The molecule has 0 radical (unpaired) electrons. The Morgan fingerprint density at radius 2 is 1.38 bits per heavy atom. The van der Waals surface area contributed by atoms with Crippen molar-refractivity contribution in [1.29, 1.82) is 0 Å². The number of aryl methyl sites for hydroxylation is 3. The van der Waals surface area contributed by atoms with E-state index in [0.29, 0.717) is 29.6 Å². The second kappa shape index (κ2) is 16.4. The minimum atomic E-state index is -1.23. The molecular formula is C45H50N4O7. The number of aromatic nitrogens is 1. The maximum atomic E-state index is 13.4. The Bertz CT molecular complexity index is 2150. The number of hydrogen-bond acceptors (Lipinski definition) is 9. The molecule has 1 aliphatic carbocycles. The number of rotatable bonds is 12. The molecule has 56 heavy (non-hydrogen) atoms. The molecular weight excluding hydrogens is 709 g/mol. The van der Waals surface area contributed by atoms with E-state index in [9.17, 15) is 14.4 Å². The van der Waals surface area contributed by atoms with Crippen LogP contribution in [0.1, 0.15) is 79.8 Å². The summed E-state index contributed by atoms with van der Waals surface area (Å²) in [6.07, 6.45) is -0.761. The van der Waals surface area contributed by atoms with Crippen LogP contribution in [0.3, 0.4) is 0 Å². The fourth-order valence-corrected chi connectivity index (χ4v) is 6.90. The Labute approximate surface area is 328 Å². The number of esters is 1. The van der Waals surface area contributed by atoms with Gasteiger partial charge in [-0.05, 0) is 106 Å². The van der Waals surface area contributed by atoms with E-state index < -0.39 is 29.2 Å². The van der Waals surface area contributed by atoms with Gasteiger partial charge in [-0.25, -0.2) is 20.0 Å². The topological polar surface area (TPSA) is 132 Å².